The van der Waals surface area contributed by atoms with Crippen LogP contribution in [0.5, 0.6) is 0 Å². The predicted octanol–water partition coefficient (Wildman–Crippen LogP) is 4.00. The molecule has 0 spiro atoms. The first-order chi connectivity index (χ1) is 9.29. The molecule has 0 aromatic heterocycles. The molecule has 1 aliphatic rings. The van der Waals surface area contributed by atoms with E-state index in [-0.39, 0.29) is 6.10 Å². The Hall–Kier alpha value is -1.38. The molecule has 2 nitrogen and oxygen atoms in total. The molecule has 0 heterocycles. The lowest BCUT2D eigenvalue weighted by Crippen LogP contribution is -2.05. The molecular formula is C17H22O2. The molecule has 0 saturated carbocycles. The molecule has 19 heavy (non-hydrogen) atoms. The zero-order chi connectivity index (χ0) is 13.7. The van der Waals surface area contributed by atoms with Crippen molar-refractivity contribution in [2.24, 2.45) is 5.92 Å². The van der Waals surface area contributed by atoms with E-state index in [1.165, 1.54) is 16.7 Å². The van der Waals surface area contributed by atoms with Crippen LogP contribution in [0.3, 0.4) is 0 Å². The van der Waals surface area contributed by atoms with Crippen molar-refractivity contribution in [2.45, 2.75) is 19.4 Å². The van der Waals surface area contributed by atoms with Gasteiger partial charge in [-0.1, -0.05) is 43.3 Å². The van der Waals surface area contributed by atoms with E-state index in [2.05, 4.69) is 43.8 Å². The van der Waals surface area contributed by atoms with Crippen molar-refractivity contribution < 1.29 is 9.47 Å². The molecule has 0 aliphatic heterocycles. The molecule has 2 rings (SSSR count). The van der Waals surface area contributed by atoms with Crippen LogP contribution < -0.4 is 0 Å². The molecule has 2 atom stereocenters. The highest BCUT2D eigenvalue weighted by atomic mass is 16.5. The van der Waals surface area contributed by atoms with Crippen molar-refractivity contribution in [3.8, 4) is 0 Å². The lowest BCUT2D eigenvalue weighted by molar-refractivity contribution is 0.0831. The first kappa shape index (κ1) is 14.0. The molecule has 0 saturated heterocycles. The molecule has 0 bridgehead atoms. The van der Waals surface area contributed by atoms with Gasteiger partial charge in [0.15, 0.2) is 0 Å². The maximum atomic E-state index is 5.64. The third-order valence-corrected chi connectivity index (χ3v) is 3.64. The normalized spacial score (nSPS) is 23.6. The predicted molar refractivity (Wildman–Crippen MR) is 79.0 cm³/mol. The number of benzene rings is 1. The van der Waals surface area contributed by atoms with Crippen LogP contribution in [0, 0.1) is 5.92 Å². The number of fused-ring (bicyclic) bond motifs is 1. The Labute approximate surface area is 115 Å². The van der Waals surface area contributed by atoms with Gasteiger partial charge >= 0.3 is 0 Å². The maximum absolute atomic E-state index is 5.64. The van der Waals surface area contributed by atoms with E-state index < -0.39 is 0 Å². The molecule has 0 fully saturated rings. The van der Waals surface area contributed by atoms with Gasteiger partial charge in [0, 0.05) is 13.0 Å². The second-order valence-electron chi connectivity index (χ2n) is 4.84. The van der Waals surface area contributed by atoms with Crippen LogP contribution in [0.15, 0.2) is 43.0 Å². The summed E-state index contributed by atoms with van der Waals surface area (Å²) in [4.78, 5) is 0. The van der Waals surface area contributed by atoms with Crippen LogP contribution in [0.25, 0.3) is 5.57 Å². The summed E-state index contributed by atoms with van der Waals surface area (Å²) in [5.74, 6) is 0.404. The average Bonchev–Trinajstić information content (AvgIpc) is 2.71. The summed E-state index contributed by atoms with van der Waals surface area (Å²) in [6.45, 7) is 7.23. The lowest BCUT2D eigenvalue weighted by atomic mass is 9.99. The molecule has 2 unspecified atom stereocenters. The van der Waals surface area contributed by atoms with Crippen LogP contribution in [0.1, 0.15) is 30.6 Å². The van der Waals surface area contributed by atoms with E-state index >= 15 is 0 Å². The molecule has 0 radical (unpaired) electrons. The highest BCUT2D eigenvalue weighted by Gasteiger charge is 2.32. The van der Waals surface area contributed by atoms with Gasteiger partial charge in [0.2, 0.25) is 0 Å². The summed E-state index contributed by atoms with van der Waals surface area (Å²) in [5.41, 5.74) is 4.01. The van der Waals surface area contributed by atoms with E-state index in [1.807, 2.05) is 0 Å². The first-order valence-electron chi connectivity index (χ1n) is 6.80. The van der Waals surface area contributed by atoms with Gasteiger partial charge in [-0.25, -0.2) is 0 Å². The fraction of sp³-hybridized carbons (Fsp3) is 0.412. The third kappa shape index (κ3) is 2.96. The van der Waals surface area contributed by atoms with Crippen LogP contribution >= 0.6 is 0 Å². The number of hydrogen-bond donors (Lipinski definition) is 0. The SMILES string of the molecule is C=CCOCC/C=C1/c2ccccc2C(OC)C1C. The minimum absolute atomic E-state index is 0.177. The number of methoxy groups -OCH3 is 1. The van der Waals surface area contributed by atoms with Crippen molar-refractivity contribution in [3.05, 3.63) is 54.1 Å². The smallest absolute Gasteiger partial charge is 0.0892 e. The fourth-order valence-electron chi connectivity index (χ4n) is 2.78. The van der Waals surface area contributed by atoms with Gasteiger partial charge in [-0.15, -0.1) is 6.58 Å². The average molecular weight is 258 g/mol. The Morgan fingerprint density at radius 1 is 1.32 bits per heavy atom. The molecular weight excluding hydrogens is 236 g/mol. The Bertz CT molecular complexity index is 462. The largest absolute Gasteiger partial charge is 0.377 e. The van der Waals surface area contributed by atoms with Crippen molar-refractivity contribution in [2.75, 3.05) is 20.3 Å². The zero-order valence-corrected chi connectivity index (χ0v) is 11.8. The molecule has 1 aliphatic carbocycles. The van der Waals surface area contributed by atoms with Crippen LogP contribution in [-0.4, -0.2) is 20.3 Å². The van der Waals surface area contributed by atoms with E-state index in [0.717, 1.165) is 13.0 Å². The van der Waals surface area contributed by atoms with Crippen molar-refractivity contribution in [1.82, 2.24) is 0 Å². The van der Waals surface area contributed by atoms with Crippen molar-refractivity contribution in [1.29, 1.82) is 0 Å². The van der Waals surface area contributed by atoms with Gasteiger partial charge in [0.05, 0.1) is 19.3 Å². The van der Waals surface area contributed by atoms with Crippen LogP contribution in [0.4, 0.5) is 0 Å². The molecule has 2 heteroatoms. The summed E-state index contributed by atoms with van der Waals surface area (Å²) in [6.07, 6.45) is 5.17. The second kappa shape index (κ2) is 6.69. The third-order valence-electron chi connectivity index (χ3n) is 3.64. The minimum Gasteiger partial charge on any atom is -0.377 e. The van der Waals surface area contributed by atoms with E-state index in [0.29, 0.717) is 12.5 Å². The van der Waals surface area contributed by atoms with Gasteiger partial charge in [-0.3, -0.25) is 0 Å². The van der Waals surface area contributed by atoms with Crippen LogP contribution in [-0.2, 0) is 9.47 Å². The first-order valence-corrected chi connectivity index (χ1v) is 6.80. The van der Waals surface area contributed by atoms with Gasteiger partial charge in [0.25, 0.3) is 0 Å². The standard InChI is InChI=1S/C17H22O2/c1-4-11-19-12-7-10-14-13(2)17(18-3)16-9-6-5-8-15(14)16/h4-6,8-10,13,17H,1,7,11-12H2,2-3H3/b14-10+. The highest BCUT2D eigenvalue weighted by molar-refractivity contribution is 5.75. The summed E-state index contributed by atoms with van der Waals surface area (Å²) in [6, 6.07) is 8.51. The summed E-state index contributed by atoms with van der Waals surface area (Å²) in [5, 5.41) is 0. The number of rotatable bonds is 6. The second-order valence-corrected chi connectivity index (χ2v) is 4.84. The van der Waals surface area contributed by atoms with Gasteiger partial charge < -0.3 is 9.47 Å². The lowest BCUT2D eigenvalue weighted by Gasteiger charge is -2.15. The zero-order valence-electron chi connectivity index (χ0n) is 11.8. The molecule has 0 N–H and O–H groups in total. The number of hydrogen-bond acceptors (Lipinski definition) is 2. The van der Waals surface area contributed by atoms with E-state index in [9.17, 15) is 0 Å². The van der Waals surface area contributed by atoms with Gasteiger partial charge in [0.1, 0.15) is 0 Å². The Balaban J connectivity index is 2.12. The molecule has 0 amide bonds. The highest BCUT2D eigenvalue weighted by Crippen LogP contribution is 2.45. The number of ether oxygens (including phenoxy) is 2. The molecule has 1 aromatic carbocycles. The maximum Gasteiger partial charge on any atom is 0.0892 e. The Morgan fingerprint density at radius 2 is 2.11 bits per heavy atom. The molecule has 1 aromatic rings. The van der Waals surface area contributed by atoms with E-state index in [4.69, 9.17) is 9.47 Å². The summed E-state index contributed by atoms with van der Waals surface area (Å²) in [7, 11) is 1.79. The van der Waals surface area contributed by atoms with Gasteiger partial charge in [-0.05, 0) is 23.1 Å². The van der Waals surface area contributed by atoms with E-state index in [1.54, 1.807) is 13.2 Å². The topological polar surface area (TPSA) is 18.5 Å². The summed E-state index contributed by atoms with van der Waals surface area (Å²) >= 11 is 0. The minimum atomic E-state index is 0.177. The van der Waals surface area contributed by atoms with Gasteiger partial charge in [-0.2, -0.15) is 0 Å². The fourth-order valence-corrected chi connectivity index (χ4v) is 2.78. The van der Waals surface area contributed by atoms with Crippen molar-refractivity contribution >= 4 is 5.57 Å². The Kier molecular flexibility index (Phi) is 4.94. The summed E-state index contributed by atoms with van der Waals surface area (Å²) < 4.78 is 11.1. The monoisotopic (exact) mass is 258 g/mol. The molecule has 102 valence electrons. The Morgan fingerprint density at radius 3 is 2.84 bits per heavy atom. The van der Waals surface area contributed by atoms with Crippen molar-refractivity contribution in [3.63, 3.8) is 0 Å². The van der Waals surface area contributed by atoms with Crippen LogP contribution in [0.2, 0.25) is 0 Å². The quantitative estimate of drug-likeness (QED) is 0.567.